The molecule has 10 rings (SSSR count). The van der Waals surface area contributed by atoms with Crippen molar-refractivity contribution in [1.82, 2.24) is 30.2 Å². The van der Waals surface area contributed by atoms with E-state index in [1.54, 1.807) is 0 Å². The fourth-order valence-corrected chi connectivity index (χ4v) is 10.6. The Balaban J connectivity index is 0.000000197. The highest BCUT2D eigenvalue weighted by molar-refractivity contribution is 6.14. The van der Waals surface area contributed by atoms with Gasteiger partial charge in [0.05, 0.1) is 11.4 Å². The van der Waals surface area contributed by atoms with Gasteiger partial charge in [0, 0.05) is 74.4 Å². The molecule has 4 N–H and O–H groups in total. The second-order valence-corrected chi connectivity index (χ2v) is 20.2. The number of hydrogen-bond donors (Lipinski definition) is 2. The molecule has 396 valence electrons. The van der Waals surface area contributed by atoms with E-state index in [-0.39, 0.29) is 29.1 Å². The third-order valence-electron chi connectivity index (χ3n) is 14.8. The average Bonchev–Trinajstić information content (AvgIpc) is 4.00. The van der Waals surface area contributed by atoms with Gasteiger partial charge in [0.2, 0.25) is 35.5 Å². The average molecular weight is 1020 g/mol. The first-order chi connectivity index (χ1) is 36.2. The molecule has 0 aromatic heterocycles. The molecule has 2 aliphatic carbocycles. The highest BCUT2D eigenvalue weighted by Gasteiger charge is 2.31. The summed E-state index contributed by atoms with van der Waals surface area (Å²) in [5.41, 5.74) is 9.10. The number of rotatable bonds is 18. The third kappa shape index (κ3) is 14.1. The summed E-state index contributed by atoms with van der Waals surface area (Å²) < 4.78 is 0. The first-order valence-electron chi connectivity index (χ1n) is 26.7. The lowest BCUT2D eigenvalue weighted by molar-refractivity contribution is -0.133. The Bertz CT molecular complexity index is 2570. The van der Waals surface area contributed by atoms with Crippen molar-refractivity contribution in [2.24, 2.45) is 20.3 Å². The second-order valence-electron chi connectivity index (χ2n) is 20.2. The Morgan fingerprint density at radius 1 is 0.547 bits per heavy atom. The molecule has 75 heavy (non-hydrogen) atoms. The van der Waals surface area contributed by atoms with Crippen LogP contribution in [0.2, 0.25) is 0 Å². The normalized spacial score (nSPS) is 17.3. The second kappa shape index (κ2) is 26.2. The first-order valence-corrected chi connectivity index (χ1v) is 26.7. The maximum absolute atomic E-state index is 12.6. The summed E-state index contributed by atoms with van der Waals surface area (Å²) in [6.07, 6.45) is 16.2. The van der Waals surface area contributed by atoms with Crippen LogP contribution < -0.4 is 10.6 Å². The maximum atomic E-state index is 12.6. The predicted molar refractivity (Wildman–Crippen MR) is 291 cm³/mol. The number of hydrogen-bond acceptors (Lipinski definition) is 12. The minimum atomic E-state index is -0.0333. The fourth-order valence-electron chi connectivity index (χ4n) is 10.6. The predicted octanol–water partition coefficient (Wildman–Crippen LogP) is 7.88. The molecule has 4 fully saturated rings. The van der Waals surface area contributed by atoms with Gasteiger partial charge in [-0.2, -0.15) is 0 Å². The summed E-state index contributed by atoms with van der Waals surface area (Å²) in [4.78, 5) is 77.2. The molecule has 0 spiro atoms. The number of amides is 4. The maximum Gasteiger partial charge on any atom is 0.246 e. The summed E-state index contributed by atoms with van der Waals surface area (Å²) in [6.45, 7) is 2.79. The first kappa shape index (κ1) is 53.9. The number of nitrogens with zero attached hydrogens (tertiary/aromatic N) is 8. The van der Waals surface area contributed by atoms with Crippen molar-refractivity contribution in [2.75, 3.05) is 40.4 Å². The van der Waals surface area contributed by atoms with Crippen LogP contribution in [-0.4, -0.2) is 125 Å². The zero-order valence-corrected chi connectivity index (χ0v) is 43.5. The number of guanidine groups is 2. The molecule has 2 saturated heterocycles. The molecule has 0 bridgehead atoms. The van der Waals surface area contributed by atoms with Crippen LogP contribution in [0.1, 0.15) is 136 Å². The number of fused-ring (bicyclic) bond motifs is 4. The van der Waals surface area contributed by atoms with Gasteiger partial charge in [-0.25, -0.2) is 9.98 Å². The lowest BCUT2D eigenvalue weighted by Gasteiger charge is -2.31. The Morgan fingerprint density at radius 2 is 0.947 bits per heavy atom. The summed E-state index contributed by atoms with van der Waals surface area (Å²) in [6, 6.07) is 32.8. The topological polar surface area (TPSA) is 205 Å². The zero-order chi connectivity index (χ0) is 51.2. The molecule has 4 amide bonds. The lowest BCUT2D eigenvalue weighted by atomic mass is 9.94. The summed E-state index contributed by atoms with van der Waals surface area (Å²) in [7, 11) is 3.90. The molecule has 0 radical (unpaired) electrons. The van der Waals surface area contributed by atoms with Crippen LogP contribution in [0.4, 0.5) is 11.4 Å². The highest BCUT2D eigenvalue weighted by Crippen LogP contribution is 2.31. The van der Waals surface area contributed by atoms with Crippen LogP contribution in [0.5, 0.6) is 0 Å². The zero-order valence-electron chi connectivity index (χ0n) is 43.5. The van der Waals surface area contributed by atoms with Crippen molar-refractivity contribution >= 4 is 58.3 Å². The van der Waals surface area contributed by atoms with Gasteiger partial charge in [-0.1, -0.05) is 122 Å². The smallest absolute Gasteiger partial charge is 0.246 e. The molecule has 6 aliphatic rings. The van der Waals surface area contributed by atoms with E-state index in [0.29, 0.717) is 76.2 Å². The molecule has 2 saturated carbocycles. The third-order valence-corrected chi connectivity index (χ3v) is 14.8. The number of nitrogens with one attached hydrogen (secondary N) is 2. The summed E-state index contributed by atoms with van der Waals surface area (Å²) >= 11 is 0. The Morgan fingerprint density at radius 3 is 1.35 bits per heavy atom. The number of oxime groups is 2. The van der Waals surface area contributed by atoms with Crippen LogP contribution in [0.25, 0.3) is 0 Å². The van der Waals surface area contributed by atoms with Gasteiger partial charge in [-0.05, 0) is 86.8 Å². The van der Waals surface area contributed by atoms with Gasteiger partial charge in [0.1, 0.15) is 37.7 Å². The summed E-state index contributed by atoms with van der Waals surface area (Å²) in [5.74, 6) is 1.64. The molecule has 4 aliphatic heterocycles. The molecule has 0 unspecified atom stereocenters. The van der Waals surface area contributed by atoms with Crippen molar-refractivity contribution in [2.45, 2.75) is 128 Å². The van der Waals surface area contributed by atoms with Gasteiger partial charge >= 0.3 is 0 Å². The standard InChI is InChI=1S/2C29H35N5O3.H2O/c2*1-33(24-12-6-3-7-13-24)27(36)14-8-9-17-37-32-28(21-10-4-2-5-11-21)22-15-16-25-23(18-22)19-34-20-26(35)31-29(34)30-25;/h2*2,4-5,10-11,15-16,18,24H,3,6-9,12-14,17,19-20H2,1H3,(H,30,31,35);1H2. The van der Waals surface area contributed by atoms with E-state index in [1.807, 2.05) is 119 Å². The monoisotopic (exact) mass is 1020 g/mol. The number of carbonyl (C=O) groups is 4. The molecule has 17 heteroatoms. The number of aliphatic imine (C=N–C) groups is 2. The molecule has 4 heterocycles. The highest BCUT2D eigenvalue weighted by atomic mass is 16.6. The number of benzene rings is 4. The molecule has 17 nitrogen and oxygen atoms in total. The van der Waals surface area contributed by atoms with Crippen molar-refractivity contribution in [3.05, 3.63) is 130 Å². The van der Waals surface area contributed by atoms with E-state index in [1.165, 1.54) is 38.5 Å². The molecule has 0 atom stereocenters. The largest absolute Gasteiger partial charge is 0.412 e. The molecule has 4 aromatic carbocycles. The number of unbranched alkanes of at least 4 members (excludes halogenated alkanes) is 2. The van der Waals surface area contributed by atoms with E-state index in [9.17, 15) is 19.2 Å². The van der Waals surface area contributed by atoms with E-state index in [0.717, 1.165) is 108 Å². The summed E-state index contributed by atoms with van der Waals surface area (Å²) in [5, 5.41) is 14.7. The Labute approximate surface area is 440 Å². The molecular weight excluding hydrogens is 949 g/mol. The van der Waals surface area contributed by atoms with Crippen molar-refractivity contribution in [3.63, 3.8) is 0 Å². The quantitative estimate of drug-likeness (QED) is 0.0569. The van der Waals surface area contributed by atoms with Gasteiger partial charge in [-0.3, -0.25) is 29.8 Å². The van der Waals surface area contributed by atoms with E-state index < -0.39 is 0 Å². The molecular formula is C58H72N10O7. The van der Waals surface area contributed by atoms with E-state index in [2.05, 4.69) is 43.1 Å². The van der Waals surface area contributed by atoms with Crippen molar-refractivity contribution in [3.8, 4) is 0 Å². The van der Waals surface area contributed by atoms with Crippen molar-refractivity contribution in [1.29, 1.82) is 0 Å². The van der Waals surface area contributed by atoms with Gasteiger partial charge in [0.15, 0.2) is 0 Å². The lowest BCUT2D eigenvalue weighted by Crippen LogP contribution is -2.38. The fraction of sp³-hybridized carbons (Fsp3) is 0.448. The van der Waals surface area contributed by atoms with Crippen molar-refractivity contribution < 1.29 is 34.3 Å². The molecule has 4 aromatic rings. The van der Waals surface area contributed by atoms with Crippen LogP contribution >= 0.6 is 0 Å². The Kier molecular flexibility index (Phi) is 18.8. The van der Waals surface area contributed by atoms with Crippen LogP contribution in [0, 0.1) is 0 Å². The van der Waals surface area contributed by atoms with Crippen LogP contribution in [0.15, 0.2) is 117 Å². The minimum Gasteiger partial charge on any atom is -0.412 e. The van der Waals surface area contributed by atoms with Gasteiger partial charge in [0.25, 0.3) is 0 Å². The number of carbonyl (C=O) groups excluding carboxylic acids is 4. The van der Waals surface area contributed by atoms with Gasteiger partial charge in [-0.15, -0.1) is 0 Å². The minimum absolute atomic E-state index is 0. The van der Waals surface area contributed by atoms with Crippen LogP contribution in [0.3, 0.4) is 0 Å². The van der Waals surface area contributed by atoms with Gasteiger partial charge < -0.3 is 34.8 Å². The SMILES string of the molecule is CN(C(=O)CCCCON=C(c1ccccc1)c1ccc2c(c1)CN1CC(=O)NC1=N2)C1CCCCC1.CN(C(=O)CCCCON=C(c1ccccc1)c1ccc2c(c1)CN1CC(=O)NC1=N2)C1CCCCC1.O. The Hall–Kier alpha value is -7.40. The van der Waals surface area contributed by atoms with E-state index in [4.69, 9.17) is 9.68 Å². The van der Waals surface area contributed by atoms with E-state index >= 15 is 0 Å². The van der Waals surface area contributed by atoms with Crippen LogP contribution in [-0.2, 0) is 41.9 Å².